The van der Waals surface area contributed by atoms with Gasteiger partial charge in [-0.25, -0.2) is 0 Å². The molecular formula is C37H69N. The predicted octanol–water partition coefficient (Wildman–Crippen LogP) is 12.7. The van der Waals surface area contributed by atoms with E-state index in [-0.39, 0.29) is 0 Å². The summed E-state index contributed by atoms with van der Waals surface area (Å²) in [4.78, 5) is 0. The lowest BCUT2D eigenvalue weighted by Gasteiger charge is -2.11. The maximum Gasteiger partial charge on any atom is 0.00388 e. The molecule has 1 heteroatoms. The highest BCUT2D eigenvalue weighted by molar-refractivity contribution is 4.93. The monoisotopic (exact) mass is 528 g/mol. The maximum atomic E-state index is 6.37. The zero-order valence-corrected chi connectivity index (χ0v) is 26.2. The third kappa shape index (κ3) is 32.9. The molecule has 0 aromatic heterocycles. The fourth-order valence-corrected chi connectivity index (χ4v) is 4.93. The van der Waals surface area contributed by atoms with E-state index in [4.69, 9.17) is 5.73 Å². The summed E-state index contributed by atoms with van der Waals surface area (Å²) in [6, 6.07) is 0.437. The third-order valence-electron chi connectivity index (χ3n) is 7.55. The summed E-state index contributed by atoms with van der Waals surface area (Å²) in [7, 11) is 0. The lowest BCUT2D eigenvalue weighted by molar-refractivity contribution is 0.482. The minimum absolute atomic E-state index is 0.437. The first kappa shape index (κ1) is 36.9. The van der Waals surface area contributed by atoms with Crippen LogP contribution in [-0.4, -0.2) is 6.04 Å². The van der Waals surface area contributed by atoms with Gasteiger partial charge in [-0.1, -0.05) is 152 Å². The predicted molar refractivity (Wildman–Crippen MR) is 176 cm³/mol. The maximum absolute atomic E-state index is 6.37. The van der Waals surface area contributed by atoms with E-state index in [1.807, 2.05) is 0 Å². The second-order valence-electron chi connectivity index (χ2n) is 11.5. The van der Waals surface area contributed by atoms with Crippen molar-refractivity contribution in [3.8, 4) is 0 Å². The number of allylic oxidation sites excluding steroid dienone is 8. The third-order valence-corrected chi connectivity index (χ3v) is 7.55. The van der Waals surface area contributed by atoms with Gasteiger partial charge in [0, 0.05) is 6.04 Å². The van der Waals surface area contributed by atoms with Crippen LogP contribution in [-0.2, 0) is 0 Å². The van der Waals surface area contributed by atoms with Crippen LogP contribution in [0.1, 0.15) is 181 Å². The molecule has 0 spiro atoms. The average Bonchev–Trinajstić information content (AvgIpc) is 2.92. The Morgan fingerprint density at radius 3 is 1.00 bits per heavy atom. The molecule has 0 aromatic carbocycles. The molecule has 0 atom stereocenters. The van der Waals surface area contributed by atoms with Crippen LogP contribution in [0.5, 0.6) is 0 Å². The number of rotatable bonds is 30. The Morgan fingerprint density at radius 1 is 0.368 bits per heavy atom. The van der Waals surface area contributed by atoms with Crippen molar-refractivity contribution in [2.45, 2.75) is 187 Å². The smallest absolute Gasteiger partial charge is 0.00388 e. The fourth-order valence-electron chi connectivity index (χ4n) is 4.93. The van der Waals surface area contributed by atoms with Gasteiger partial charge >= 0.3 is 0 Å². The lowest BCUT2D eigenvalue weighted by Crippen LogP contribution is -2.19. The molecule has 2 N–H and O–H groups in total. The van der Waals surface area contributed by atoms with Gasteiger partial charge in [-0.15, -0.1) is 0 Å². The number of hydrogen-bond acceptors (Lipinski definition) is 1. The van der Waals surface area contributed by atoms with Gasteiger partial charge in [0.2, 0.25) is 0 Å². The van der Waals surface area contributed by atoms with Crippen molar-refractivity contribution in [1.29, 1.82) is 0 Å². The van der Waals surface area contributed by atoms with Crippen molar-refractivity contribution in [3.05, 3.63) is 48.6 Å². The number of nitrogens with two attached hydrogens (primary N) is 1. The van der Waals surface area contributed by atoms with Crippen molar-refractivity contribution >= 4 is 0 Å². The zero-order valence-electron chi connectivity index (χ0n) is 26.2. The van der Waals surface area contributed by atoms with Crippen molar-refractivity contribution in [2.24, 2.45) is 5.73 Å². The van der Waals surface area contributed by atoms with E-state index in [0.29, 0.717) is 6.04 Å². The van der Waals surface area contributed by atoms with E-state index in [2.05, 4.69) is 62.5 Å². The molecule has 0 aliphatic rings. The molecule has 0 amide bonds. The largest absolute Gasteiger partial charge is 0.328 e. The van der Waals surface area contributed by atoms with Crippen LogP contribution in [0.15, 0.2) is 48.6 Å². The summed E-state index contributed by atoms with van der Waals surface area (Å²) in [5.74, 6) is 0. The quantitative estimate of drug-likeness (QED) is 0.0729. The van der Waals surface area contributed by atoms with Gasteiger partial charge in [-0.2, -0.15) is 0 Å². The minimum atomic E-state index is 0.437. The van der Waals surface area contributed by atoms with Gasteiger partial charge in [-0.3, -0.25) is 0 Å². The van der Waals surface area contributed by atoms with Crippen LogP contribution >= 0.6 is 0 Å². The Labute approximate surface area is 240 Å². The molecule has 0 fully saturated rings. The summed E-state index contributed by atoms with van der Waals surface area (Å²) >= 11 is 0. The minimum Gasteiger partial charge on any atom is -0.328 e. The molecule has 0 radical (unpaired) electrons. The SMILES string of the molecule is CCCCC/C=C\C/C=C\CCCCCCCCC(N)CCCCCCCC/C=C\C/C=C\CCCCC. The topological polar surface area (TPSA) is 26.0 Å². The van der Waals surface area contributed by atoms with Crippen molar-refractivity contribution in [3.63, 3.8) is 0 Å². The van der Waals surface area contributed by atoms with Gasteiger partial charge in [0.1, 0.15) is 0 Å². The number of unbranched alkanes of at least 4 members (excludes halogenated alkanes) is 18. The first-order chi connectivity index (χ1) is 18.8. The van der Waals surface area contributed by atoms with E-state index in [1.54, 1.807) is 0 Å². The lowest BCUT2D eigenvalue weighted by atomic mass is 10.0. The molecule has 0 heterocycles. The van der Waals surface area contributed by atoms with E-state index in [0.717, 1.165) is 12.8 Å². The van der Waals surface area contributed by atoms with Crippen LogP contribution in [0.4, 0.5) is 0 Å². The Kier molecular flexibility index (Phi) is 33.0. The molecule has 38 heavy (non-hydrogen) atoms. The zero-order chi connectivity index (χ0) is 27.6. The van der Waals surface area contributed by atoms with Gasteiger partial charge in [0.15, 0.2) is 0 Å². The average molecular weight is 528 g/mol. The van der Waals surface area contributed by atoms with Gasteiger partial charge in [0.25, 0.3) is 0 Å². The van der Waals surface area contributed by atoms with Crippen molar-refractivity contribution in [2.75, 3.05) is 0 Å². The molecule has 1 nitrogen and oxygen atoms in total. The second-order valence-corrected chi connectivity index (χ2v) is 11.5. The molecule has 0 aliphatic heterocycles. The molecule has 0 rings (SSSR count). The Balaban J connectivity index is 3.29. The van der Waals surface area contributed by atoms with E-state index < -0.39 is 0 Å². The molecule has 222 valence electrons. The molecule has 0 aromatic rings. The first-order valence-electron chi connectivity index (χ1n) is 17.2. The summed E-state index contributed by atoms with van der Waals surface area (Å²) in [5.41, 5.74) is 6.37. The molecule has 0 unspecified atom stereocenters. The van der Waals surface area contributed by atoms with Crippen molar-refractivity contribution in [1.82, 2.24) is 0 Å². The van der Waals surface area contributed by atoms with Gasteiger partial charge < -0.3 is 5.73 Å². The van der Waals surface area contributed by atoms with Crippen LogP contribution < -0.4 is 5.73 Å². The molecule has 0 saturated carbocycles. The summed E-state index contributed by atoms with van der Waals surface area (Å²) < 4.78 is 0. The van der Waals surface area contributed by atoms with Crippen LogP contribution in [0, 0.1) is 0 Å². The van der Waals surface area contributed by atoms with Crippen LogP contribution in [0.2, 0.25) is 0 Å². The molecule has 0 bridgehead atoms. The van der Waals surface area contributed by atoms with E-state index in [9.17, 15) is 0 Å². The summed E-state index contributed by atoms with van der Waals surface area (Å²) in [6.07, 6.45) is 53.0. The Hall–Kier alpha value is -1.08. The Morgan fingerprint density at radius 2 is 0.658 bits per heavy atom. The van der Waals surface area contributed by atoms with E-state index in [1.165, 1.54) is 154 Å². The molecular weight excluding hydrogens is 458 g/mol. The van der Waals surface area contributed by atoms with E-state index >= 15 is 0 Å². The first-order valence-corrected chi connectivity index (χ1v) is 17.2. The Bertz CT molecular complexity index is 493. The van der Waals surface area contributed by atoms with Crippen LogP contribution in [0.25, 0.3) is 0 Å². The standard InChI is InChI=1S/C37H69N/c1-3-5-7-9-11-13-15-17-19-21-23-25-27-29-31-33-35-37(38)36-34-32-30-28-26-24-22-20-18-16-14-12-10-8-6-4-2/h11-14,17-20,37H,3-10,15-16,21-36,38H2,1-2H3/b13-11-,14-12-,19-17-,20-18-. The number of hydrogen-bond donors (Lipinski definition) is 1. The molecule has 0 aliphatic carbocycles. The summed E-state index contributed by atoms with van der Waals surface area (Å²) in [5, 5.41) is 0. The normalized spacial score (nSPS) is 12.5. The summed E-state index contributed by atoms with van der Waals surface area (Å²) in [6.45, 7) is 4.53. The highest BCUT2D eigenvalue weighted by Gasteiger charge is 2.02. The van der Waals surface area contributed by atoms with Crippen molar-refractivity contribution < 1.29 is 0 Å². The second kappa shape index (κ2) is 33.9. The highest BCUT2D eigenvalue weighted by atomic mass is 14.6. The van der Waals surface area contributed by atoms with Crippen LogP contribution in [0.3, 0.4) is 0 Å². The van der Waals surface area contributed by atoms with Gasteiger partial charge in [0.05, 0.1) is 0 Å². The van der Waals surface area contributed by atoms with Gasteiger partial charge in [-0.05, 0) is 77.0 Å². The fraction of sp³-hybridized carbons (Fsp3) is 0.784. The molecule has 0 saturated heterocycles. The highest BCUT2D eigenvalue weighted by Crippen LogP contribution is 2.14.